The number of primary amides is 1. The molecule has 0 saturated heterocycles. The molecule has 0 heterocycles. The largest absolute Gasteiger partial charge is 0.370 e. The molecule has 0 aliphatic heterocycles. The molecule has 0 rings (SSSR count). The van der Waals surface area contributed by atoms with E-state index in [-0.39, 0.29) is 16.7 Å². The smallest absolute Gasteiger partial charge is 0.217 e. The number of hydrogen-bond acceptors (Lipinski definition) is 2. The Balaban J connectivity index is 4.24. The highest BCUT2D eigenvalue weighted by Crippen LogP contribution is 2.35. The van der Waals surface area contributed by atoms with Gasteiger partial charge in [0.2, 0.25) is 5.91 Å². The van der Waals surface area contributed by atoms with Crippen molar-refractivity contribution in [3.8, 4) is 0 Å². The lowest BCUT2D eigenvalue weighted by Crippen LogP contribution is -2.32. The number of rotatable bonds is 5. The second-order valence-electron chi connectivity index (χ2n) is 5.35. The Bertz CT molecular complexity index is 185. The van der Waals surface area contributed by atoms with E-state index in [0.717, 1.165) is 6.42 Å². The zero-order chi connectivity index (χ0) is 10.7. The first kappa shape index (κ1) is 12.4. The van der Waals surface area contributed by atoms with E-state index >= 15 is 0 Å². The number of hydrogen-bond donors (Lipinski definition) is 2. The number of carbonyl (C=O) groups excluding carboxylic acids is 1. The summed E-state index contributed by atoms with van der Waals surface area (Å²) in [6.45, 7) is 8.95. The standard InChI is InChI=1S/C10H22N2O/c1-9(2,5-8(12)13)6-10(3,4)7-11/h5-7,11H2,1-4H3,(H2,12,13). The van der Waals surface area contributed by atoms with Crippen LogP contribution in [0, 0.1) is 10.8 Å². The van der Waals surface area contributed by atoms with Crippen LogP contribution in [0.4, 0.5) is 0 Å². The third-order valence-corrected chi connectivity index (χ3v) is 2.16. The molecule has 3 heteroatoms. The van der Waals surface area contributed by atoms with Gasteiger partial charge in [-0.2, -0.15) is 0 Å². The molecule has 0 aliphatic rings. The van der Waals surface area contributed by atoms with E-state index in [1.54, 1.807) is 0 Å². The molecule has 0 radical (unpaired) electrons. The minimum absolute atomic E-state index is 0.0469. The summed E-state index contributed by atoms with van der Waals surface area (Å²) in [6, 6.07) is 0. The molecule has 0 aromatic carbocycles. The first-order chi connectivity index (χ1) is 5.68. The van der Waals surface area contributed by atoms with Gasteiger partial charge in [-0.3, -0.25) is 4.79 Å². The molecule has 0 fully saturated rings. The van der Waals surface area contributed by atoms with Gasteiger partial charge in [0.1, 0.15) is 0 Å². The Morgan fingerprint density at radius 2 is 1.62 bits per heavy atom. The maximum Gasteiger partial charge on any atom is 0.217 e. The zero-order valence-electron chi connectivity index (χ0n) is 9.18. The van der Waals surface area contributed by atoms with Gasteiger partial charge in [0, 0.05) is 6.42 Å². The van der Waals surface area contributed by atoms with Crippen LogP contribution in [0.25, 0.3) is 0 Å². The lowest BCUT2D eigenvalue weighted by molar-refractivity contribution is -0.120. The van der Waals surface area contributed by atoms with E-state index in [9.17, 15) is 4.79 Å². The zero-order valence-corrected chi connectivity index (χ0v) is 9.18. The van der Waals surface area contributed by atoms with Gasteiger partial charge in [-0.25, -0.2) is 0 Å². The van der Waals surface area contributed by atoms with E-state index in [0.29, 0.717) is 13.0 Å². The van der Waals surface area contributed by atoms with Crippen LogP contribution in [0.5, 0.6) is 0 Å². The van der Waals surface area contributed by atoms with Crippen molar-refractivity contribution in [2.24, 2.45) is 22.3 Å². The first-order valence-electron chi connectivity index (χ1n) is 4.67. The molecule has 0 unspecified atom stereocenters. The van der Waals surface area contributed by atoms with Crippen molar-refractivity contribution in [2.75, 3.05) is 6.54 Å². The predicted octanol–water partition coefficient (Wildman–Crippen LogP) is 1.26. The highest BCUT2D eigenvalue weighted by molar-refractivity contribution is 5.74. The van der Waals surface area contributed by atoms with Crippen molar-refractivity contribution in [3.63, 3.8) is 0 Å². The van der Waals surface area contributed by atoms with Crippen molar-refractivity contribution < 1.29 is 4.79 Å². The molecule has 3 nitrogen and oxygen atoms in total. The van der Waals surface area contributed by atoms with Crippen molar-refractivity contribution in [1.82, 2.24) is 0 Å². The summed E-state index contributed by atoms with van der Waals surface area (Å²) in [5, 5.41) is 0. The van der Waals surface area contributed by atoms with Crippen LogP contribution in [-0.2, 0) is 4.79 Å². The van der Waals surface area contributed by atoms with Crippen molar-refractivity contribution in [1.29, 1.82) is 0 Å². The highest BCUT2D eigenvalue weighted by Gasteiger charge is 2.28. The molecule has 4 N–H and O–H groups in total. The van der Waals surface area contributed by atoms with Crippen molar-refractivity contribution in [3.05, 3.63) is 0 Å². The van der Waals surface area contributed by atoms with Gasteiger partial charge < -0.3 is 11.5 Å². The van der Waals surface area contributed by atoms with E-state index in [4.69, 9.17) is 11.5 Å². The Morgan fingerprint density at radius 1 is 1.15 bits per heavy atom. The second kappa shape index (κ2) is 4.09. The molecule has 13 heavy (non-hydrogen) atoms. The SMILES string of the molecule is CC(C)(CN)CC(C)(C)CC(N)=O. The van der Waals surface area contributed by atoms with Gasteiger partial charge in [-0.15, -0.1) is 0 Å². The second-order valence-corrected chi connectivity index (χ2v) is 5.35. The van der Waals surface area contributed by atoms with Crippen LogP contribution in [0.15, 0.2) is 0 Å². The summed E-state index contributed by atoms with van der Waals surface area (Å²) < 4.78 is 0. The molecule has 0 bridgehead atoms. The van der Waals surface area contributed by atoms with E-state index in [1.165, 1.54) is 0 Å². The van der Waals surface area contributed by atoms with Crippen LogP contribution in [-0.4, -0.2) is 12.5 Å². The number of nitrogens with two attached hydrogens (primary N) is 2. The highest BCUT2D eigenvalue weighted by atomic mass is 16.1. The van der Waals surface area contributed by atoms with Crippen LogP contribution in [0.1, 0.15) is 40.5 Å². The maximum absolute atomic E-state index is 10.8. The molecule has 1 amide bonds. The first-order valence-corrected chi connectivity index (χ1v) is 4.67. The Hall–Kier alpha value is -0.570. The van der Waals surface area contributed by atoms with E-state index < -0.39 is 0 Å². The van der Waals surface area contributed by atoms with Crippen molar-refractivity contribution >= 4 is 5.91 Å². The van der Waals surface area contributed by atoms with E-state index in [1.807, 2.05) is 0 Å². The molecular formula is C10H22N2O. The molecule has 0 aromatic heterocycles. The predicted molar refractivity (Wildman–Crippen MR) is 55.0 cm³/mol. The summed E-state index contributed by atoms with van der Waals surface area (Å²) in [6.07, 6.45) is 1.34. The van der Waals surface area contributed by atoms with Gasteiger partial charge in [0.25, 0.3) is 0 Å². The quantitative estimate of drug-likeness (QED) is 0.678. The molecular weight excluding hydrogens is 164 g/mol. The van der Waals surface area contributed by atoms with Crippen LogP contribution >= 0.6 is 0 Å². The molecule has 0 spiro atoms. The average molecular weight is 186 g/mol. The fourth-order valence-corrected chi connectivity index (χ4v) is 1.90. The Kier molecular flexibility index (Phi) is 3.91. The van der Waals surface area contributed by atoms with E-state index in [2.05, 4.69) is 27.7 Å². The Labute approximate surface area is 80.9 Å². The molecule has 78 valence electrons. The molecule has 0 atom stereocenters. The normalized spacial score (nSPS) is 13.0. The summed E-state index contributed by atoms with van der Waals surface area (Å²) >= 11 is 0. The lowest BCUT2D eigenvalue weighted by atomic mass is 9.73. The van der Waals surface area contributed by atoms with Gasteiger partial charge >= 0.3 is 0 Å². The fraction of sp³-hybridized carbons (Fsp3) is 0.900. The number of carbonyl (C=O) groups is 1. The summed E-state index contributed by atoms with van der Waals surface area (Å²) in [5.74, 6) is -0.238. The third-order valence-electron chi connectivity index (χ3n) is 2.16. The summed E-state index contributed by atoms with van der Waals surface area (Å²) in [4.78, 5) is 10.8. The minimum Gasteiger partial charge on any atom is -0.370 e. The fourth-order valence-electron chi connectivity index (χ4n) is 1.90. The van der Waals surface area contributed by atoms with Gasteiger partial charge in [-0.1, -0.05) is 27.7 Å². The lowest BCUT2D eigenvalue weighted by Gasteiger charge is -2.33. The Morgan fingerprint density at radius 3 is 1.92 bits per heavy atom. The van der Waals surface area contributed by atoms with Gasteiger partial charge in [0.05, 0.1) is 0 Å². The molecule has 0 saturated carbocycles. The topological polar surface area (TPSA) is 69.1 Å². The van der Waals surface area contributed by atoms with Gasteiger partial charge in [0.15, 0.2) is 0 Å². The average Bonchev–Trinajstić information content (AvgIpc) is 1.81. The molecule has 0 aliphatic carbocycles. The summed E-state index contributed by atoms with van der Waals surface area (Å²) in [5.41, 5.74) is 10.8. The maximum atomic E-state index is 10.8. The van der Waals surface area contributed by atoms with Gasteiger partial charge in [-0.05, 0) is 23.8 Å². The molecule has 0 aromatic rings. The number of amides is 1. The monoisotopic (exact) mass is 186 g/mol. The van der Waals surface area contributed by atoms with Crippen molar-refractivity contribution in [2.45, 2.75) is 40.5 Å². The third kappa shape index (κ3) is 5.64. The van der Waals surface area contributed by atoms with Crippen LogP contribution in [0.3, 0.4) is 0 Å². The minimum atomic E-state index is -0.238. The van der Waals surface area contributed by atoms with Crippen LogP contribution < -0.4 is 11.5 Å². The van der Waals surface area contributed by atoms with Crippen LogP contribution in [0.2, 0.25) is 0 Å². The summed E-state index contributed by atoms with van der Waals surface area (Å²) in [7, 11) is 0.